The van der Waals surface area contributed by atoms with Gasteiger partial charge in [0, 0.05) is 12.8 Å². The number of nitrogens with zero attached hydrogens (tertiary/aromatic N) is 4. The van der Waals surface area contributed by atoms with Crippen LogP contribution in [0.3, 0.4) is 0 Å². The fourth-order valence-electron chi connectivity index (χ4n) is 6.52. The van der Waals surface area contributed by atoms with Gasteiger partial charge in [0.05, 0.1) is 37.6 Å². The summed E-state index contributed by atoms with van der Waals surface area (Å²) in [5, 5.41) is 19.3. The Kier molecular flexibility index (Phi) is 21.6. The van der Waals surface area contributed by atoms with Crippen LogP contribution in [0.4, 0.5) is 4.39 Å². The Morgan fingerprint density at radius 1 is 0.962 bits per heavy atom. The van der Waals surface area contributed by atoms with Crippen molar-refractivity contribution < 1.29 is 27.8 Å². The largest absolute Gasteiger partial charge is 0.382 e. The predicted molar refractivity (Wildman–Crippen MR) is 208 cm³/mol. The van der Waals surface area contributed by atoms with Gasteiger partial charge < -0.3 is 34.6 Å². The van der Waals surface area contributed by atoms with Gasteiger partial charge in [0.2, 0.25) is 0 Å². The van der Waals surface area contributed by atoms with E-state index >= 15 is 0 Å². The number of nitrogens with two attached hydrogens (primary N) is 1. The minimum Gasteiger partial charge on any atom is -0.382 e. The number of benzene rings is 1. The maximum Gasteiger partial charge on any atom is 0.330 e. The highest BCUT2D eigenvalue weighted by Crippen LogP contribution is 2.36. The average Bonchev–Trinajstić information content (AvgIpc) is 3.59. The number of hydrogen-bond donors (Lipinski definition) is 3. The summed E-state index contributed by atoms with van der Waals surface area (Å²) in [5.74, 6) is -0.0506. The number of rotatable bonds is 30. The number of aryl methyl sites for hydroxylation is 1. The molecule has 0 saturated heterocycles. The van der Waals surface area contributed by atoms with E-state index in [-0.39, 0.29) is 31.5 Å². The van der Waals surface area contributed by atoms with Crippen LogP contribution in [0.1, 0.15) is 145 Å². The summed E-state index contributed by atoms with van der Waals surface area (Å²) in [4.78, 5) is 14.9. The van der Waals surface area contributed by atoms with Crippen molar-refractivity contribution in [1.82, 2.24) is 4.68 Å². The molecule has 3 atom stereocenters. The second-order valence-corrected chi connectivity index (χ2v) is 15.0. The van der Waals surface area contributed by atoms with E-state index in [2.05, 4.69) is 23.4 Å². The number of aromatic nitrogens is 1. The molecule has 2 heterocycles. The van der Waals surface area contributed by atoms with E-state index in [1.165, 1.54) is 103 Å². The van der Waals surface area contributed by atoms with Crippen LogP contribution in [-0.4, -0.2) is 54.1 Å². The molecule has 0 spiro atoms. The van der Waals surface area contributed by atoms with Crippen molar-refractivity contribution in [2.75, 3.05) is 32.4 Å². The summed E-state index contributed by atoms with van der Waals surface area (Å²) < 4.78 is 38.9. The first-order chi connectivity index (χ1) is 25.8. The molecule has 0 bridgehead atoms. The smallest absolute Gasteiger partial charge is 0.330 e. The van der Waals surface area contributed by atoms with Crippen molar-refractivity contribution in [2.24, 2.45) is 10.7 Å². The standard InChI is InChI=1S/C40H62FN6O5P/c1-3-4-5-6-7-8-9-10-11-12-13-14-15-16-17-18-19-37(50-28-34-24-33(27-42)25-35(41)26-34)29-51-53(48)52-31-40(30-43,49-2)23-22-36-20-21-38-39(44)45-32-46-47(36)38/h20-21,24-26,37,46,48H,3-19,22-23,28-29,31-32H2,1-2H3,(H2,44,45). The number of nitrogens with one attached hydrogen (secondary N) is 1. The summed E-state index contributed by atoms with van der Waals surface area (Å²) in [6.07, 6.45) is 21.6. The van der Waals surface area contributed by atoms with Crippen molar-refractivity contribution >= 4 is 14.4 Å². The van der Waals surface area contributed by atoms with E-state index in [9.17, 15) is 19.8 Å². The lowest BCUT2D eigenvalue weighted by atomic mass is 9.99. The molecule has 1 aliphatic heterocycles. The fourth-order valence-corrected chi connectivity index (χ4v) is 7.21. The number of halogens is 1. The Labute approximate surface area is 318 Å². The molecule has 1 aromatic carbocycles. The molecule has 4 N–H and O–H groups in total. The monoisotopic (exact) mass is 756 g/mol. The van der Waals surface area contributed by atoms with Gasteiger partial charge in [-0.05, 0) is 55.2 Å². The van der Waals surface area contributed by atoms with Crippen LogP contribution in [0, 0.1) is 28.5 Å². The Morgan fingerprint density at radius 3 is 2.21 bits per heavy atom. The number of aliphatic imine (C=N–C) groups is 1. The lowest BCUT2D eigenvalue weighted by Crippen LogP contribution is -2.36. The van der Waals surface area contributed by atoms with Crippen LogP contribution in [0.15, 0.2) is 35.3 Å². The Hall–Kier alpha value is -3.09. The molecule has 294 valence electrons. The molecule has 53 heavy (non-hydrogen) atoms. The Balaban J connectivity index is 1.39. The lowest BCUT2D eigenvalue weighted by Gasteiger charge is -2.26. The third-order valence-corrected chi connectivity index (χ3v) is 10.5. The molecule has 11 nitrogen and oxygen atoms in total. The fraction of sp³-hybridized carbons (Fsp3) is 0.675. The number of hydrogen-bond acceptors (Lipinski definition) is 10. The first-order valence-corrected chi connectivity index (χ1v) is 20.7. The van der Waals surface area contributed by atoms with Gasteiger partial charge in [-0.2, -0.15) is 10.5 Å². The molecule has 2 aromatic rings. The molecular formula is C40H62FN6O5P. The number of ether oxygens (including phenoxy) is 2. The van der Waals surface area contributed by atoms with Crippen molar-refractivity contribution in [3.63, 3.8) is 0 Å². The van der Waals surface area contributed by atoms with Crippen LogP contribution >= 0.6 is 8.60 Å². The van der Waals surface area contributed by atoms with Crippen LogP contribution in [0.25, 0.3) is 0 Å². The predicted octanol–water partition coefficient (Wildman–Crippen LogP) is 9.05. The molecule has 0 fully saturated rings. The third-order valence-electron chi connectivity index (χ3n) is 9.81. The van der Waals surface area contributed by atoms with E-state index in [1.54, 1.807) is 6.07 Å². The topological polar surface area (TPSA) is 160 Å². The SMILES string of the molecule is CCCCCCCCCCCCCCCCCCC(COP(O)OCC(C#N)(CCc1ccc2n1NCN=C2N)OC)OCc1cc(F)cc(C#N)c1. The molecule has 0 aliphatic carbocycles. The summed E-state index contributed by atoms with van der Waals surface area (Å²) in [6.45, 7) is 2.58. The van der Waals surface area contributed by atoms with Gasteiger partial charge in [-0.3, -0.25) is 4.68 Å². The van der Waals surface area contributed by atoms with Crippen molar-refractivity contribution in [3.8, 4) is 12.1 Å². The van der Waals surface area contributed by atoms with Gasteiger partial charge in [-0.25, -0.2) is 9.38 Å². The van der Waals surface area contributed by atoms with E-state index in [4.69, 9.17) is 24.3 Å². The highest BCUT2D eigenvalue weighted by Gasteiger charge is 2.33. The van der Waals surface area contributed by atoms with Crippen LogP contribution in [0.5, 0.6) is 0 Å². The molecule has 3 unspecified atom stereocenters. The van der Waals surface area contributed by atoms with Gasteiger partial charge in [0.15, 0.2) is 5.60 Å². The van der Waals surface area contributed by atoms with E-state index < -0.39 is 20.0 Å². The number of nitriles is 2. The number of amidine groups is 1. The van der Waals surface area contributed by atoms with E-state index in [1.807, 2.05) is 22.9 Å². The van der Waals surface area contributed by atoms with Crippen LogP contribution in [0.2, 0.25) is 0 Å². The van der Waals surface area contributed by atoms with Crippen molar-refractivity contribution in [2.45, 2.75) is 147 Å². The normalized spacial score (nSPS) is 14.7. The zero-order valence-corrected chi connectivity index (χ0v) is 32.9. The van der Waals surface area contributed by atoms with E-state index in [0.29, 0.717) is 37.3 Å². The summed E-state index contributed by atoms with van der Waals surface area (Å²) >= 11 is 0. The molecule has 1 aromatic heterocycles. The van der Waals surface area contributed by atoms with Crippen molar-refractivity contribution in [1.29, 1.82) is 10.5 Å². The number of fused-ring (bicyclic) bond motifs is 1. The van der Waals surface area contributed by atoms with E-state index in [0.717, 1.165) is 30.7 Å². The van der Waals surface area contributed by atoms with Gasteiger partial charge in [-0.15, -0.1) is 0 Å². The average molecular weight is 757 g/mol. The van der Waals surface area contributed by atoms with Crippen molar-refractivity contribution in [3.05, 3.63) is 58.7 Å². The minimum absolute atomic E-state index is 0.0544. The maximum atomic E-state index is 14.0. The van der Waals surface area contributed by atoms with Gasteiger partial charge in [0.25, 0.3) is 0 Å². The highest BCUT2D eigenvalue weighted by atomic mass is 31.2. The lowest BCUT2D eigenvalue weighted by molar-refractivity contribution is -0.0212. The first-order valence-electron chi connectivity index (χ1n) is 19.6. The van der Waals surface area contributed by atoms with Gasteiger partial charge in [0.1, 0.15) is 30.1 Å². The highest BCUT2D eigenvalue weighted by molar-refractivity contribution is 7.40. The molecule has 13 heteroatoms. The second-order valence-electron chi connectivity index (χ2n) is 14.0. The zero-order chi connectivity index (χ0) is 38.2. The first kappa shape index (κ1) is 44.3. The number of methoxy groups -OCH3 is 1. The zero-order valence-electron chi connectivity index (χ0n) is 32.0. The second kappa shape index (κ2) is 25.8. The molecular weight excluding hydrogens is 694 g/mol. The summed E-state index contributed by atoms with van der Waals surface area (Å²) in [7, 11) is -0.900. The molecule has 3 rings (SSSR count). The van der Waals surface area contributed by atoms with Gasteiger partial charge in [-0.1, -0.05) is 110 Å². The summed E-state index contributed by atoms with van der Waals surface area (Å²) in [6, 6.07) is 12.1. The number of unbranched alkanes of at least 4 members (excludes halogenated alkanes) is 15. The molecule has 0 amide bonds. The van der Waals surface area contributed by atoms with Crippen LogP contribution in [-0.2, 0) is 31.5 Å². The maximum absolute atomic E-state index is 14.0. The minimum atomic E-state index is -2.34. The Bertz CT molecular complexity index is 1450. The molecule has 0 saturated carbocycles. The summed E-state index contributed by atoms with van der Waals surface area (Å²) in [5.41, 5.74) is 10.3. The van der Waals surface area contributed by atoms with Crippen LogP contribution < -0.4 is 11.2 Å². The molecule has 1 aliphatic rings. The quantitative estimate of drug-likeness (QED) is 0.0522. The molecule has 0 radical (unpaired) electrons. The van der Waals surface area contributed by atoms with Gasteiger partial charge >= 0.3 is 8.60 Å². The third kappa shape index (κ3) is 16.9. The Morgan fingerprint density at radius 2 is 1.60 bits per heavy atom.